The first kappa shape index (κ1) is 6.90. The van der Waals surface area contributed by atoms with Gasteiger partial charge in [-0.2, -0.15) is 0 Å². The van der Waals surface area contributed by atoms with Gasteiger partial charge in [0, 0.05) is 0 Å². The van der Waals surface area contributed by atoms with Gasteiger partial charge in [0.15, 0.2) is 6.20 Å². The number of oxazole rings is 1. The van der Waals surface area contributed by atoms with Crippen LogP contribution in [0.4, 0.5) is 0 Å². The van der Waals surface area contributed by atoms with Crippen molar-refractivity contribution in [3.63, 3.8) is 0 Å². The second-order valence-corrected chi connectivity index (χ2v) is 1.99. The van der Waals surface area contributed by atoms with Crippen molar-refractivity contribution in [2.45, 2.75) is 0 Å². The van der Waals surface area contributed by atoms with Crippen LogP contribution >= 0.6 is 0 Å². The number of aromatic nitrogens is 2. The third-order valence-corrected chi connectivity index (χ3v) is 1.32. The van der Waals surface area contributed by atoms with Crippen molar-refractivity contribution in [2.75, 3.05) is 7.11 Å². The summed E-state index contributed by atoms with van der Waals surface area (Å²) < 4.78 is 14.7. The fourth-order valence-corrected chi connectivity index (χ4v) is 0.812. The van der Waals surface area contributed by atoms with E-state index in [0.717, 1.165) is 0 Å². The molecule has 0 spiro atoms. The second kappa shape index (κ2) is 2.69. The molecule has 5 nitrogen and oxygen atoms in total. The number of nitrogens with zero attached hydrogens (tertiary/aromatic N) is 2. The summed E-state index contributed by atoms with van der Waals surface area (Å²) in [6, 6.07) is 0. The summed E-state index contributed by atoms with van der Waals surface area (Å²) in [7, 11) is 1.50. The Bertz CT molecular complexity index is 352. The smallest absolute Gasteiger partial charge is 0.269 e. The van der Waals surface area contributed by atoms with Crippen molar-refractivity contribution in [3.8, 4) is 17.4 Å². The predicted octanol–water partition coefficient (Wildman–Crippen LogP) is 1.14. The van der Waals surface area contributed by atoms with Crippen LogP contribution in [-0.4, -0.2) is 17.3 Å². The minimum Gasteiger partial charge on any atom is -0.490 e. The van der Waals surface area contributed by atoms with Gasteiger partial charge in [-0.1, -0.05) is 5.16 Å². The van der Waals surface area contributed by atoms with Crippen molar-refractivity contribution in [3.05, 3.63) is 18.7 Å². The maximum Gasteiger partial charge on any atom is 0.269 e. The van der Waals surface area contributed by atoms with Crippen LogP contribution < -0.4 is 4.74 Å². The zero-order valence-corrected chi connectivity index (χ0v) is 6.27. The lowest BCUT2D eigenvalue weighted by atomic mass is 10.4. The maximum atomic E-state index is 4.98. The molecule has 0 fully saturated rings. The highest BCUT2D eigenvalue weighted by molar-refractivity contribution is 5.52. The summed E-state index contributed by atoms with van der Waals surface area (Å²) in [5.41, 5.74) is 0. The quantitative estimate of drug-likeness (QED) is 0.667. The number of hydrogen-bond donors (Lipinski definition) is 0. The number of methoxy groups -OCH3 is 1. The molecule has 2 rings (SSSR count). The first-order valence-electron chi connectivity index (χ1n) is 3.23. The highest BCUT2D eigenvalue weighted by atomic mass is 16.5. The van der Waals surface area contributed by atoms with Gasteiger partial charge in [0.25, 0.3) is 11.7 Å². The minimum absolute atomic E-state index is 0.334. The Morgan fingerprint density at radius 2 is 2.50 bits per heavy atom. The van der Waals surface area contributed by atoms with Crippen molar-refractivity contribution in [1.82, 2.24) is 10.1 Å². The van der Waals surface area contributed by atoms with Gasteiger partial charge in [-0.05, 0) is 0 Å². The zero-order valence-electron chi connectivity index (χ0n) is 6.27. The molecular weight excluding hydrogens is 160 g/mol. The Morgan fingerprint density at radius 3 is 3.17 bits per heavy atom. The van der Waals surface area contributed by atoms with Gasteiger partial charge in [-0.15, -0.1) is 0 Å². The molecule has 1 radical (unpaired) electrons. The van der Waals surface area contributed by atoms with Crippen LogP contribution in [0, 0.1) is 6.20 Å². The minimum atomic E-state index is 0.334. The van der Waals surface area contributed by atoms with E-state index in [1.54, 1.807) is 0 Å². The molecule has 2 aromatic rings. The lowest BCUT2D eigenvalue weighted by Crippen LogP contribution is -1.82. The van der Waals surface area contributed by atoms with Gasteiger partial charge in [0.1, 0.15) is 6.26 Å². The van der Waals surface area contributed by atoms with Crippen molar-refractivity contribution >= 4 is 0 Å². The summed E-state index contributed by atoms with van der Waals surface area (Å²) in [5, 5.41) is 3.42. The number of ether oxygens (including phenoxy) is 1. The highest BCUT2D eigenvalue weighted by Gasteiger charge is 2.15. The summed E-state index contributed by atoms with van der Waals surface area (Å²) in [4.78, 5) is 3.87. The van der Waals surface area contributed by atoms with Gasteiger partial charge in [-0.3, -0.25) is 0 Å². The number of hydrogen-bond acceptors (Lipinski definition) is 5. The average molecular weight is 165 g/mol. The second-order valence-electron chi connectivity index (χ2n) is 1.99. The van der Waals surface area contributed by atoms with Gasteiger partial charge in [0.2, 0.25) is 5.75 Å². The van der Waals surface area contributed by atoms with Crippen LogP contribution in [0.3, 0.4) is 0 Å². The van der Waals surface area contributed by atoms with E-state index in [1.165, 1.54) is 19.6 Å². The molecule has 0 N–H and O–H groups in total. The molecular formula is C7H5N2O3. The average Bonchev–Trinajstić information content (AvgIpc) is 2.74. The molecule has 0 atom stereocenters. The monoisotopic (exact) mass is 165 g/mol. The van der Waals surface area contributed by atoms with Crippen molar-refractivity contribution < 1.29 is 13.7 Å². The largest absolute Gasteiger partial charge is 0.490 e. The lowest BCUT2D eigenvalue weighted by Gasteiger charge is -1.92. The standard InChI is InChI=1S/C7H5N2O3/c1-10-5-4-9-12-6(5)7-8-2-3-11-7/h2-3H,1H3. The fraction of sp³-hybridized carbons (Fsp3) is 0.143. The van der Waals surface area contributed by atoms with Crippen LogP contribution in [0.1, 0.15) is 0 Å². The molecule has 0 amide bonds. The molecule has 0 aliphatic carbocycles. The molecule has 0 bridgehead atoms. The van der Waals surface area contributed by atoms with E-state index in [0.29, 0.717) is 17.4 Å². The third-order valence-electron chi connectivity index (χ3n) is 1.32. The molecule has 0 saturated carbocycles. The summed E-state index contributed by atoms with van der Waals surface area (Å²) in [6.45, 7) is 0. The topological polar surface area (TPSA) is 61.3 Å². The molecule has 0 unspecified atom stereocenters. The van der Waals surface area contributed by atoms with E-state index < -0.39 is 0 Å². The molecule has 5 heteroatoms. The van der Waals surface area contributed by atoms with E-state index in [2.05, 4.69) is 16.3 Å². The molecule has 12 heavy (non-hydrogen) atoms. The molecule has 0 aliphatic heterocycles. The first-order chi connectivity index (χ1) is 5.92. The summed E-state index contributed by atoms with van der Waals surface area (Å²) >= 11 is 0. The van der Waals surface area contributed by atoms with Crippen LogP contribution in [0.5, 0.6) is 5.75 Å². The van der Waals surface area contributed by atoms with Gasteiger partial charge < -0.3 is 13.7 Å². The van der Waals surface area contributed by atoms with E-state index >= 15 is 0 Å². The van der Waals surface area contributed by atoms with Gasteiger partial charge in [-0.25, -0.2) is 4.98 Å². The van der Waals surface area contributed by atoms with E-state index in [9.17, 15) is 0 Å². The van der Waals surface area contributed by atoms with Crippen LogP contribution in [0.2, 0.25) is 0 Å². The lowest BCUT2D eigenvalue weighted by molar-refractivity contribution is 0.389. The number of rotatable bonds is 2. The van der Waals surface area contributed by atoms with Crippen LogP contribution in [0.15, 0.2) is 21.4 Å². The molecule has 0 saturated heterocycles. The summed E-state index contributed by atoms with van der Waals surface area (Å²) in [6.07, 6.45) is 5.46. The fourth-order valence-electron chi connectivity index (χ4n) is 0.812. The Balaban J connectivity index is 2.46. The molecule has 0 aliphatic rings. The van der Waals surface area contributed by atoms with Crippen molar-refractivity contribution in [2.24, 2.45) is 0 Å². The van der Waals surface area contributed by atoms with Gasteiger partial charge >= 0.3 is 0 Å². The Labute approximate surface area is 67.9 Å². The summed E-state index contributed by atoms with van der Waals surface area (Å²) in [5.74, 6) is 1.07. The Kier molecular flexibility index (Phi) is 1.55. The third kappa shape index (κ3) is 0.952. The Hall–Kier alpha value is -1.78. The molecule has 61 valence electrons. The normalized spacial score (nSPS) is 10.1. The zero-order chi connectivity index (χ0) is 8.39. The molecule has 2 aromatic heterocycles. The molecule has 2 heterocycles. The molecule has 0 aromatic carbocycles. The van der Waals surface area contributed by atoms with Gasteiger partial charge in [0.05, 0.1) is 13.3 Å². The first-order valence-corrected chi connectivity index (χ1v) is 3.23. The van der Waals surface area contributed by atoms with E-state index in [4.69, 9.17) is 13.7 Å². The van der Waals surface area contributed by atoms with Crippen LogP contribution in [-0.2, 0) is 0 Å². The van der Waals surface area contributed by atoms with Crippen LogP contribution in [0.25, 0.3) is 11.7 Å². The van der Waals surface area contributed by atoms with Crippen molar-refractivity contribution in [1.29, 1.82) is 0 Å². The van der Waals surface area contributed by atoms with E-state index in [1.807, 2.05) is 0 Å². The maximum absolute atomic E-state index is 4.98. The highest BCUT2D eigenvalue weighted by Crippen LogP contribution is 2.26. The van der Waals surface area contributed by atoms with E-state index in [-0.39, 0.29) is 0 Å². The predicted molar refractivity (Wildman–Crippen MR) is 37.4 cm³/mol. The Morgan fingerprint density at radius 1 is 1.58 bits per heavy atom. The SMILES string of the molecule is COc1[c]noc1-c1ncco1.